The van der Waals surface area contributed by atoms with Crippen LogP contribution in [-0.4, -0.2) is 36.1 Å². The minimum Gasteiger partial charge on any atom is -0.464 e. The molecular formula is C30H28Cl2F2N4O3. The van der Waals surface area contributed by atoms with Crippen molar-refractivity contribution in [3.05, 3.63) is 93.2 Å². The monoisotopic (exact) mass is 600 g/mol. The molecule has 0 bridgehead atoms. The fourth-order valence-electron chi connectivity index (χ4n) is 5.47. The number of nitriles is 1. The van der Waals surface area contributed by atoms with Gasteiger partial charge in [0.05, 0.1) is 36.1 Å². The van der Waals surface area contributed by atoms with Gasteiger partial charge in [0.2, 0.25) is 5.91 Å². The summed E-state index contributed by atoms with van der Waals surface area (Å²) < 4.78 is 36.1. The molecular weight excluding hydrogens is 573 g/mol. The minimum absolute atomic E-state index is 0.0170. The number of anilines is 1. The van der Waals surface area contributed by atoms with Crippen LogP contribution in [0.3, 0.4) is 0 Å². The molecule has 11 heteroatoms. The van der Waals surface area contributed by atoms with Crippen molar-refractivity contribution in [2.24, 2.45) is 5.41 Å². The molecule has 1 aliphatic rings. The third kappa shape index (κ3) is 5.91. The third-order valence-electron chi connectivity index (χ3n) is 7.16. The van der Waals surface area contributed by atoms with E-state index in [1.54, 1.807) is 0 Å². The number of esters is 1. The van der Waals surface area contributed by atoms with Crippen molar-refractivity contribution in [2.45, 2.75) is 50.6 Å². The van der Waals surface area contributed by atoms with Crippen LogP contribution >= 0.6 is 23.2 Å². The molecule has 0 aliphatic carbocycles. The Hall–Kier alpha value is -3.58. The Kier molecular flexibility index (Phi) is 8.69. The topological polar surface area (TPSA) is 104 Å². The molecule has 3 aromatic rings. The number of carbonyl (C=O) groups excluding carboxylic acids is 2. The Bertz CT molecular complexity index is 1520. The fourth-order valence-corrected chi connectivity index (χ4v) is 5.81. The summed E-state index contributed by atoms with van der Waals surface area (Å²) in [6.07, 6.45) is 1.61. The molecule has 0 unspecified atom stereocenters. The van der Waals surface area contributed by atoms with E-state index >= 15 is 8.78 Å². The molecule has 4 rings (SSSR count). The van der Waals surface area contributed by atoms with Gasteiger partial charge in [-0.25, -0.2) is 18.6 Å². The Morgan fingerprint density at radius 3 is 2.49 bits per heavy atom. The van der Waals surface area contributed by atoms with Gasteiger partial charge in [-0.1, -0.05) is 62.2 Å². The van der Waals surface area contributed by atoms with Crippen LogP contribution in [0.15, 0.2) is 54.7 Å². The van der Waals surface area contributed by atoms with Gasteiger partial charge in [0.15, 0.2) is 0 Å². The number of nitrogens with one attached hydrogen (secondary N) is 2. The zero-order chi connectivity index (χ0) is 30.1. The van der Waals surface area contributed by atoms with Gasteiger partial charge in [-0.3, -0.25) is 4.79 Å². The number of amides is 1. The number of pyridine rings is 1. The maximum Gasteiger partial charge on any atom is 0.356 e. The Morgan fingerprint density at radius 2 is 1.90 bits per heavy atom. The van der Waals surface area contributed by atoms with Crippen molar-refractivity contribution in [1.82, 2.24) is 10.3 Å². The maximum absolute atomic E-state index is 15.7. The number of hydrogen-bond acceptors (Lipinski definition) is 6. The average molecular weight is 601 g/mol. The van der Waals surface area contributed by atoms with Gasteiger partial charge in [0.1, 0.15) is 22.7 Å². The van der Waals surface area contributed by atoms with Crippen molar-refractivity contribution in [2.75, 3.05) is 12.4 Å². The first kappa shape index (κ1) is 30.4. The highest BCUT2D eigenvalue weighted by molar-refractivity contribution is 6.31. The predicted molar refractivity (Wildman–Crippen MR) is 152 cm³/mol. The zero-order valence-corrected chi connectivity index (χ0v) is 24.3. The smallest absolute Gasteiger partial charge is 0.356 e. The van der Waals surface area contributed by atoms with E-state index in [-0.39, 0.29) is 38.0 Å². The molecule has 214 valence electrons. The Labute approximate surface area is 246 Å². The minimum atomic E-state index is -1.75. The third-order valence-corrected chi connectivity index (χ3v) is 7.68. The number of aromatic nitrogens is 1. The molecule has 7 nitrogen and oxygen atoms in total. The molecule has 0 radical (unpaired) electrons. The lowest BCUT2D eigenvalue weighted by atomic mass is 9.62. The van der Waals surface area contributed by atoms with Crippen LogP contribution in [0.4, 0.5) is 14.5 Å². The normalized spacial score (nSPS) is 22.2. The summed E-state index contributed by atoms with van der Waals surface area (Å²) in [7, 11) is 1.22. The summed E-state index contributed by atoms with van der Waals surface area (Å²) in [5.41, 5.74) is -1.88. The highest BCUT2D eigenvalue weighted by Gasteiger charge is 2.61. The van der Waals surface area contributed by atoms with Crippen molar-refractivity contribution in [1.29, 1.82) is 5.26 Å². The molecule has 2 aromatic carbocycles. The first-order valence-electron chi connectivity index (χ1n) is 12.7. The predicted octanol–water partition coefficient (Wildman–Crippen LogP) is 6.41. The van der Waals surface area contributed by atoms with E-state index in [0.717, 1.165) is 6.07 Å². The van der Waals surface area contributed by atoms with E-state index < -0.39 is 46.9 Å². The summed E-state index contributed by atoms with van der Waals surface area (Å²) in [5.74, 6) is -4.04. The molecule has 1 amide bonds. The lowest BCUT2D eigenvalue weighted by Gasteiger charge is -2.37. The molecule has 1 saturated heterocycles. The number of carbonyl (C=O) groups is 2. The number of halogens is 4. The number of nitrogens with zero attached hydrogens (tertiary/aromatic N) is 2. The Morgan fingerprint density at radius 1 is 1.17 bits per heavy atom. The molecule has 4 atom stereocenters. The highest BCUT2D eigenvalue weighted by Crippen LogP contribution is 2.52. The zero-order valence-electron chi connectivity index (χ0n) is 22.8. The second kappa shape index (κ2) is 11.7. The largest absolute Gasteiger partial charge is 0.464 e. The van der Waals surface area contributed by atoms with E-state index in [9.17, 15) is 14.9 Å². The van der Waals surface area contributed by atoms with E-state index in [1.165, 1.54) is 55.8 Å². The van der Waals surface area contributed by atoms with Crippen LogP contribution in [0.25, 0.3) is 0 Å². The maximum atomic E-state index is 15.7. The molecule has 41 heavy (non-hydrogen) atoms. The van der Waals surface area contributed by atoms with E-state index in [2.05, 4.69) is 26.4 Å². The van der Waals surface area contributed by atoms with E-state index in [0.29, 0.717) is 6.42 Å². The average Bonchev–Trinajstić information content (AvgIpc) is 3.23. The van der Waals surface area contributed by atoms with Gasteiger partial charge < -0.3 is 15.4 Å². The summed E-state index contributed by atoms with van der Waals surface area (Å²) in [6.45, 7) is 5.85. The van der Waals surface area contributed by atoms with Crippen LogP contribution in [0.2, 0.25) is 10.0 Å². The molecule has 0 spiro atoms. The van der Waals surface area contributed by atoms with Crippen LogP contribution in [-0.2, 0) is 14.9 Å². The van der Waals surface area contributed by atoms with Crippen LogP contribution in [0, 0.1) is 28.4 Å². The number of methoxy groups -OCH3 is 1. The van der Waals surface area contributed by atoms with Crippen LogP contribution in [0.5, 0.6) is 0 Å². The van der Waals surface area contributed by atoms with Gasteiger partial charge in [-0.2, -0.15) is 5.26 Å². The van der Waals surface area contributed by atoms with Crippen molar-refractivity contribution < 1.29 is 23.1 Å². The van der Waals surface area contributed by atoms with E-state index in [1.807, 2.05) is 20.8 Å². The summed E-state index contributed by atoms with van der Waals surface area (Å²) in [5, 5.41) is 16.8. The first-order valence-corrected chi connectivity index (χ1v) is 13.5. The van der Waals surface area contributed by atoms with Gasteiger partial charge in [-0.15, -0.1) is 0 Å². The van der Waals surface area contributed by atoms with Gasteiger partial charge >= 0.3 is 5.97 Å². The summed E-state index contributed by atoms with van der Waals surface area (Å²) in [4.78, 5) is 29.6. The fraction of sp³-hybridized carbons (Fsp3) is 0.333. The number of benzene rings is 2. The van der Waals surface area contributed by atoms with Crippen LogP contribution in [0.1, 0.15) is 54.7 Å². The lowest BCUT2D eigenvalue weighted by molar-refractivity contribution is -0.118. The lowest BCUT2D eigenvalue weighted by Crippen LogP contribution is -2.45. The standard InChI is InChI=1S/C30H28Cl2F2N4O3/c1-29(2,3)13-23-30(15-35,19-10-8-16(31)12-21(19)33)24(18-6-5-7-20(32)25(18)34)26(38-23)27(39)37-17-9-11-22(36-14-17)28(40)41-4/h5-12,14,23-24,26,38H,13H2,1-4H3,(H,37,39)/t23-,24-,26+,30-/m0/s1. The number of hydrogen-bond donors (Lipinski definition) is 2. The first-order chi connectivity index (χ1) is 19.3. The molecule has 1 aliphatic heterocycles. The van der Waals surface area contributed by atoms with Gasteiger partial charge in [0.25, 0.3) is 0 Å². The van der Waals surface area contributed by atoms with E-state index in [4.69, 9.17) is 23.2 Å². The summed E-state index contributed by atoms with van der Waals surface area (Å²) >= 11 is 12.2. The van der Waals surface area contributed by atoms with Crippen LogP contribution < -0.4 is 10.6 Å². The molecule has 0 saturated carbocycles. The highest BCUT2D eigenvalue weighted by atomic mass is 35.5. The van der Waals surface area contributed by atoms with Gasteiger partial charge in [-0.05, 0) is 47.7 Å². The molecule has 2 heterocycles. The Balaban J connectivity index is 1.90. The molecule has 2 N–H and O–H groups in total. The van der Waals surface area contributed by atoms with Crippen molar-refractivity contribution in [3.63, 3.8) is 0 Å². The second-order valence-corrected chi connectivity index (χ2v) is 11.9. The quantitative estimate of drug-likeness (QED) is 0.317. The van der Waals surface area contributed by atoms with Crippen molar-refractivity contribution in [3.8, 4) is 6.07 Å². The number of ether oxygens (including phenoxy) is 1. The van der Waals surface area contributed by atoms with Crippen molar-refractivity contribution >= 4 is 40.8 Å². The van der Waals surface area contributed by atoms with Gasteiger partial charge in [0, 0.05) is 22.5 Å². The molecule has 1 aromatic heterocycles. The number of rotatable bonds is 6. The SMILES string of the molecule is COC(=O)c1ccc(NC(=O)[C@@H]2N[C@@H](CC(C)(C)C)[C@](C#N)(c3ccc(Cl)cc3F)[C@H]2c2cccc(Cl)c2F)cn1. The molecule has 1 fully saturated rings. The second-order valence-electron chi connectivity index (χ2n) is 11.1. The summed E-state index contributed by atoms with van der Waals surface area (Å²) in [6, 6.07) is 11.4.